The third-order valence-electron chi connectivity index (χ3n) is 5.04. The average molecular weight is 274 g/mol. The summed E-state index contributed by atoms with van der Waals surface area (Å²) >= 11 is 0. The van der Waals surface area contributed by atoms with Crippen LogP contribution in [0.25, 0.3) is 0 Å². The van der Waals surface area contributed by atoms with Crippen molar-refractivity contribution in [2.45, 2.75) is 45.6 Å². The molecule has 4 heteroatoms. The number of rotatable bonds is 2. The zero-order chi connectivity index (χ0) is 13.8. The largest absolute Gasteiger partial charge is 0.317 e. The SMILES string of the molecule is Cc1ncc(CN2CCCC3(CCNCC3)CC2)cn1. The topological polar surface area (TPSA) is 41.1 Å². The summed E-state index contributed by atoms with van der Waals surface area (Å²) in [5, 5.41) is 3.50. The van der Waals surface area contributed by atoms with Crippen LogP contribution in [0.4, 0.5) is 0 Å². The molecule has 1 aromatic rings. The Morgan fingerprint density at radius 3 is 2.60 bits per heavy atom. The van der Waals surface area contributed by atoms with Crippen LogP contribution in [0.3, 0.4) is 0 Å². The summed E-state index contributed by atoms with van der Waals surface area (Å²) in [6.07, 6.45) is 10.8. The first-order valence-corrected chi connectivity index (χ1v) is 7.96. The number of hydrogen-bond donors (Lipinski definition) is 1. The maximum Gasteiger partial charge on any atom is 0.125 e. The fraction of sp³-hybridized carbons (Fsp3) is 0.750. The predicted molar refractivity (Wildman–Crippen MR) is 80.4 cm³/mol. The van der Waals surface area contributed by atoms with Gasteiger partial charge in [0.15, 0.2) is 0 Å². The van der Waals surface area contributed by atoms with Gasteiger partial charge in [0.1, 0.15) is 5.82 Å². The average Bonchev–Trinajstić information content (AvgIpc) is 2.66. The molecule has 2 fully saturated rings. The summed E-state index contributed by atoms with van der Waals surface area (Å²) in [5.74, 6) is 0.860. The summed E-state index contributed by atoms with van der Waals surface area (Å²) in [7, 11) is 0. The van der Waals surface area contributed by atoms with E-state index in [1.165, 1.54) is 63.8 Å². The van der Waals surface area contributed by atoms with Crippen molar-refractivity contribution in [3.63, 3.8) is 0 Å². The van der Waals surface area contributed by atoms with Gasteiger partial charge in [-0.2, -0.15) is 0 Å². The Bertz CT molecular complexity index is 423. The molecule has 0 unspecified atom stereocenters. The van der Waals surface area contributed by atoms with Gasteiger partial charge in [0.2, 0.25) is 0 Å². The van der Waals surface area contributed by atoms with E-state index < -0.39 is 0 Å². The Morgan fingerprint density at radius 1 is 1.10 bits per heavy atom. The molecule has 0 saturated carbocycles. The molecule has 2 saturated heterocycles. The monoisotopic (exact) mass is 274 g/mol. The van der Waals surface area contributed by atoms with Crippen molar-refractivity contribution in [3.8, 4) is 0 Å². The maximum atomic E-state index is 4.31. The lowest BCUT2D eigenvalue weighted by molar-refractivity contribution is 0.167. The molecule has 2 aliphatic heterocycles. The molecule has 3 heterocycles. The normalized spacial score (nSPS) is 23.6. The quantitative estimate of drug-likeness (QED) is 0.897. The van der Waals surface area contributed by atoms with Gasteiger partial charge in [0, 0.05) is 24.5 Å². The third kappa shape index (κ3) is 3.36. The zero-order valence-corrected chi connectivity index (χ0v) is 12.6. The smallest absolute Gasteiger partial charge is 0.125 e. The molecular formula is C16H26N4. The lowest BCUT2D eigenvalue weighted by Gasteiger charge is -2.37. The van der Waals surface area contributed by atoms with E-state index in [4.69, 9.17) is 0 Å². The van der Waals surface area contributed by atoms with Crippen LogP contribution in [-0.2, 0) is 6.54 Å². The number of aryl methyl sites for hydroxylation is 1. The van der Waals surface area contributed by atoms with E-state index >= 15 is 0 Å². The van der Waals surface area contributed by atoms with Crippen molar-refractivity contribution in [1.29, 1.82) is 0 Å². The molecule has 2 aliphatic rings. The Balaban J connectivity index is 1.58. The third-order valence-corrected chi connectivity index (χ3v) is 5.04. The lowest BCUT2D eigenvalue weighted by Crippen LogP contribution is -2.37. The Labute approximate surface area is 122 Å². The van der Waals surface area contributed by atoms with Crippen LogP contribution in [0.5, 0.6) is 0 Å². The van der Waals surface area contributed by atoms with E-state index in [-0.39, 0.29) is 0 Å². The highest BCUT2D eigenvalue weighted by Crippen LogP contribution is 2.39. The van der Waals surface area contributed by atoms with E-state index in [9.17, 15) is 0 Å². The molecular weight excluding hydrogens is 248 g/mol. The fourth-order valence-electron chi connectivity index (χ4n) is 3.68. The van der Waals surface area contributed by atoms with Crippen LogP contribution in [0.15, 0.2) is 12.4 Å². The molecule has 0 amide bonds. The van der Waals surface area contributed by atoms with Gasteiger partial charge in [-0.15, -0.1) is 0 Å². The Morgan fingerprint density at radius 2 is 1.85 bits per heavy atom. The molecule has 0 radical (unpaired) electrons. The maximum absolute atomic E-state index is 4.31. The fourth-order valence-corrected chi connectivity index (χ4v) is 3.68. The molecule has 1 spiro atoms. The number of nitrogens with one attached hydrogen (secondary N) is 1. The van der Waals surface area contributed by atoms with Gasteiger partial charge < -0.3 is 5.32 Å². The highest BCUT2D eigenvalue weighted by molar-refractivity contribution is 5.04. The van der Waals surface area contributed by atoms with E-state index in [1.54, 1.807) is 0 Å². The second-order valence-corrected chi connectivity index (χ2v) is 6.52. The van der Waals surface area contributed by atoms with Gasteiger partial charge in [0.25, 0.3) is 0 Å². The van der Waals surface area contributed by atoms with E-state index in [0.717, 1.165) is 12.4 Å². The van der Waals surface area contributed by atoms with Gasteiger partial charge in [0.05, 0.1) is 0 Å². The lowest BCUT2D eigenvalue weighted by atomic mass is 9.73. The van der Waals surface area contributed by atoms with Gasteiger partial charge in [-0.3, -0.25) is 4.90 Å². The highest BCUT2D eigenvalue weighted by Gasteiger charge is 2.33. The molecule has 4 nitrogen and oxygen atoms in total. The van der Waals surface area contributed by atoms with Crippen molar-refractivity contribution in [3.05, 3.63) is 23.8 Å². The van der Waals surface area contributed by atoms with Crippen molar-refractivity contribution >= 4 is 0 Å². The molecule has 0 aromatic carbocycles. The number of hydrogen-bond acceptors (Lipinski definition) is 4. The van der Waals surface area contributed by atoms with Crippen LogP contribution in [0, 0.1) is 12.3 Å². The first kappa shape index (κ1) is 14.0. The molecule has 0 atom stereocenters. The van der Waals surface area contributed by atoms with Gasteiger partial charge in [-0.05, 0) is 70.6 Å². The van der Waals surface area contributed by atoms with Gasteiger partial charge >= 0.3 is 0 Å². The minimum Gasteiger partial charge on any atom is -0.317 e. The zero-order valence-electron chi connectivity index (χ0n) is 12.6. The van der Waals surface area contributed by atoms with Gasteiger partial charge in [-0.1, -0.05) is 0 Å². The van der Waals surface area contributed by atoms with Crippen LogP contribution >= 0.6 is 0 Å². The molecule has 0 bridgehead atoms. The summed E-state index contributed by atoms with van der Waals surface area (Å²) in [5.41, 5.74) is 1.88. The van der Waals surface area contributed by atoms with Crippen LogP contribution < -0.4 is 5.32 Å². The number of nitrogens with zero attached hydrogens (tertiary/aromatic N) is 3. The molecule has 3 rings (SSSR count). The molecule has 20 heavy (non-hydrogen) atoms. The molecule has 110 valence electrons. The Kier molecular flexibility index (Phi) is 4.32. The summed E-state index contributed by atoms with van der Waals surface area (Å²) < 4.78 is 0. The minimum atomic E-state index is 0.629. The second-order valence-electron chi connectivity index (χ2n) is 6.52. The van der Waals surface area contributed by atoms with Crippen molar-refractivity contribution in [1.82, 2.24) is 20.2 Å². The van der Waals surface area contributed by atoms with E-state index in [0.29, 0.717) is 5.41 Å². The molecule has 1 aromatic heterocycles. The summed E-state index contributed by atoms with van der Waals surface area (Å²) in [6.45, 7) is 7.83. The summed E-state index contributed by atoms with van der Waals surface area (Å²) in [4.78, 5) is 11.2. The van der Waals surface area contributed by atoms with Crippen LogP contribution in [0.2, 0.25) is 0 Å². The number of aromatic nitrogens is 2. The first-order chi connectivity index (χ1) is 9.76. The van der Waals surface area contributed by atoms with Crippen LogP contribution in [0.1, 0.15) is 43.5 Å². The van der Waals surface area contributed by atoms with Crippen molar-refractivity contribution in [2.24, 2.45) is 5.41 Å². The first-order valence-electron chi connectivity index (χ1n) is 7.96. The van der Waals surface area contributed by atoms with Crippen LogP contribution in [-0.4, -0.2) is 41.0 Å². The highest BCUT2D eigenvalue weighted by atomic mass is 15.1. The minimum absolute atomic E-state index is 0.629. The summed E-state index contributed by atoms with van der Waals surface area (Å²) in [6, 6.07) is 0. The van der Waals surface area contributed by atoms with E-state index in [2.05, 4.69) is 20.2 Å². The molecule has 0 aliphatic carbocycles. The number of piperidine rings is 1. The second kappa shape index (κ2) is 6.19. The molecule has 1 N–H and O–H groups in total. The standard InChI is InChI=1S/C16H26N4/c1-14-18-11-15(12-19-14)13-20-9-2-3-16(6-10-20)4-7-17-8-5-16/h11-12,17H,2-10,13H2,1H3. The van der Waals surface area contributed by atoms with Crippen molar-refractivity contribution in [2.75, 3.05) is 26.2 Å². The number of likely N-dealkylation sites (tertiary alicyclic amines) is 1. The Hall–Kier alpha value is -1.00. The predicted octanol–water partition coefficient (Wildman–Crippen LogP) is 2.14. The van der Waals surface area contributed by atoms with E-state index in [1.807, 2.05) is 19.3 Å². The van der Waals surface area contributed by atoms with Gasteiger partial charge in [-0.25, -0.2) is 9.97 Å². The van der Waals surface area contributed by atoms with Crippen molar-refractivity contribution < 1.29 is 0 Å².